The molecule has 0 aliphatic carbocycles. The second-order valence-corrected chi connectivity index (χ2v) is 4.64. The highest BCUT2D eigenvalue weighted by molar-refractivity contribution is 5.26. The number of imidazole rings is 1. The van der Waals surface area contributed by atoms with E-state index in [0.717, 1.165) is 24.9 Å². The molecule has 0 spiro atoms. The van der Waals surface area contributed by atoms with Crippen molar-refractivity contribution in [3.63, 3.8) is 0 Å². The van der Waals surface area contributed by atoms with Crippen LogP contribution in [-0.4, -0.2) is 16.1 Å². The van der Waals surface area contributed by atoms with Crippen LogP contribution in [0.2, 0.25) is 0 Å². The van der Waals surface area contributed by atoms with E-state index in [4.69, 9.17) is 0 Å². The van der Waals surface area contributed by atoms with E-state index in [-0.39, 0.29) is 6.04 Å². The lowest BCUT2D eigenvalue weighted by molar-refractivity contribution is 0.499. The predicted octanol–water partition coefficient (Wildman–Crippen LogP) is 3.27. The van der Waals surface area contributed by atoms with Crippen molar-refractivity contribution in [2.75, 3.05) is 6.54 Å². The molecule has 2 aromatic rings. The predicted molar refractivity (Wildman–Crippen MR) is 74.4 cm³/mol. The molecule has 0 aliphatic heterocycles. The molecule has 0 saturated carbocycles. The molecular weight excluding hydrogens is 260 g/mol. The van der Waals surface area contributed by atoms with Crippen molar-refractivity contribution >= 4 is 0 Å². The van der Waals surface area contributed by atoms with Gasteiger partial charge in [-0.1, -0.05) is 19.9 Å². The normalized spacial score (nSPS) is 12.6. The van der Waals surface area contributed by atoms with Crippen LogP contribution in [0.15, 0.2) is 30.6 Å². The van der Waals surface area contributed by atoms with E-state index < -0.39 is 11.6 Å². The molecule has 1 atom stereocenters. The third-order valence-corrected chi connectivity index (χ3v) is 3.16. The number of hydrogen-bond acceptors (Lipinski definition) is 2. The van der Waals surface area contributed by atoms with Gasteiger partial charge >= 0.3 is 0 Å². The van der Waals surface area contributed by atoms with Gasteiger partial charge in [0.05, 0.1) is 6.04 Å². The maximum atomic E-state index is 13.4. The highest BCUT2D eigenvalue weighted by atomic mass is 19.2. The number of aryl methyl sites for hydroxylation is 1. The maximum absolute atomic E-state index is 13.4. The number of nitrogens with zero attached hydrogens (tertiary/aromatic N) is 2. The number of benzene rings is 1. The Morgan fingerprint density at radius 2 is 2.05 bits per heavy atom. The molecule has 2 rings (SSSR count). The van der Waals surface area contributed by atoms with Gasteiger partial charge in [0.1, 0.15) is 5.82 Å². The lowest BCUT2D eigenvalue weighted by atomic mass is 10.1. The van der Waals surface area contributed by atoms with E-state index in [1.165, 1.54) is 6.07 Å². The quantitative estimate of drug-likeness (QED) is 0.879. The lowest BCUT2D eigenvalue weighted by Gasteiger charge is -2.19. The lowest BCUT2D eigenvalue weighted by Crippen LogP contribution is -2.25. The topological polar surface area (TPSA) is 29.9 Å². The summed E-state index contributed by atoms with van der Waals surface area (Å²) in [6.45, 7) is 5.62. The Labute approximate surface area is 117 Å². The molecule has 0 bridgehead atoms. The molecule has 0 saturated heterocycles. The summed E-state index contributed by atoms with van der Waals surface area (Å²) in [6.07, 6.45) is 4.62. The minimum atomic E-state index is -0.834. The molecule has 0 aliphatic rings. The van der Waals surface area contributed by atoms with Crippen molar-refractivity contribution in [3.8, 4) is 0 Å². The fourth-order valence-electron chi connectivity index (χ4n) is 2.27. The van der Waals surface area contributed by atoms with Crippen molar-refractivity contribution in [2.24, 2.45) is 0 Å². The SMILES string of the molecule is CCCn1ccnc1C(NCC)c1ccc(F)c(F)c1. The number of rotatable bonds is 6. The molecule has 0 amide bonds. The molecule has 1 N–H and O–H groups in total. The van der Waals surface area contributed by atoms with Crippen LogP contribution in [0.25, 0.3) is 0 Å². The monoisotopic (exact) mass is 279 g/mol. The van der Waals surface area contributed by atoms with Gasteiger partial charge in [0.25, 0.3) is 0 Å². The zero-order chi connectivity index (χ0) is 14.5. The fraction of sp³-hybridized carbons (Fsp3) is 0.400. The molecule has 1 aromatic heterocycles. The highest BCUT2D eigenvalue weighted by Crippen LogP contribution is 2.22. The smallest absolute Gasteiger partial charge is 0.159 e. The van der Waals surface area contributed by atoms with Crippen LogP contribution in [0.4, 0.5) is 8.78 Å². The summed E-state index contributed by atoms with van der Waals surface area (Å²) in [4.78, 5) is 4.37. The molecule has 1 heterocycles. The van der Waals surface area contributed by atoms with Crippen molar-refractivity contribution in [1.82, 2.24) is 14.9 Å². The highest BCUT2D eigenvalue weighted by Gasteiger charge is 2.19. The van der Waals surface area contributed by atoms with Crippen LogP contribution in [0.5, 0.6) is 0 Å². The number of aromatic nitrogens is 2. The Bertz CT molecular complexity index is 566. The molecule has 0 fully saturated rings. The number of halogens is 2. The van der Waals surface area contributed by atoms with E-state index >= 15 is 0 Å². The Hall–Kier alpha value is -1.75. The first kappa shape index (κ1) is 14.7. The molecule has 0 radical (unpaired) electrons. The van der Waals surface area contributed by atoms with Gasteiger partial charge in [-0.2, -0.15) is 0 Å². The Kier molecular flexibility index (Phi) is 4.84. The van der Waals surface area contributed by atoms with E-state index in [0.29, 0.717) is 12.1 Å². The van der Waals surface area contributed by atoms with Crippen LogP contribution >= 0.6 is 0 Å². The van der Waals surface area contributed by atoms with Crippen molar-refractivity contribution in [1.29, 1.82) is 0 Å². The molecule has 3 nitrogen and oxygen atoms in total. The van der Waals surface area contributed by atoms with Crippen LogP contribution in [0.3, 0.4) is 0 Å². The van der Waals surface area contributed by atoms with E-state index in [9.17, 15) is 8.78 Å². The summed E-state index contributed by atoms with van der Waals surface area (Å²) in [5, 5.41) is 3.27. The van der Waals surface area contributed by atoms with Gasteiger partial charge in [0, 0.05) is 18.9 Å². The van der Waals surface area contributed by atoms with Gasteiger partial charge in [-0.3, -0.25) is 0 Å². The van der Waals surface area contributed by atoms with Crippen molar-refractivity contribution < 1.29 is 8.78 Å². The van der Waals surface area contributed by atoms with Crippen LogP contribution in [-0.2, 0) is 6.54 Å². The molecule has 108 valence electrons. The van der Waals surface area contributed by atoms with Crippen molar-refractivity contribution in [2.45, 2.75) is 32.9 Å². The van der Waals surface area contributed by atoms with E-state index in [1.54, 1.807) is 12.3 Å². The average molecular weight is 279 g/mol. The van der Waals surface area contributed by atoms with Gasteiger partial charge in [-0.05, 0) is 30.7 Å². The summed E-state index contributed by atoms with van der Waals surface area (Å²) < 4.78 is 28.6. The number of hydrogen-bond donors (Lipinski definition) is 1. The van der Waals surface area contributed by atoms with Gasteiger partial charge in [-0.15, -0.1) is 0 Å². The summed E-state index contributed by atoms with van der Waals surface area (Å²) in [5.74, 6) is -0.848. The van der Waals surface area contributed by atoms with E-state index in [1.807, 2.05) is 17.7 Å². The van der Waals surface area contributed by atoms with Gasteiger partial charge in [-0.25, -0.2) is 13.8 Å². The Morgan fingerprint density at radius 3 is 2.70 bits per heavy atom. The largest absolute Gasteiger partial charge is 0.333 e. The van der Waals surface area contributed by atoms with Gasteiger partial charge in [0.15, 0.2) is 11.6 Å². The van der Waals surface area contributed by atoms with E-state index in [2.05, 4.69) is 17.2 Å². The first-order valence-electron chi connectivity index (χ1n) is 6.86. The minimum absolute atomic E-state index is 0.239. The Balaban J connectivity index is 2.39. The second-order valence-electron chi connectivity index (χ2n) is 4.64. The molecular formula is C15H19F2N3. The summed E-state index contributed by atoms with van der Waals surface area (Å²) in [6, 6.07) is 3.74. The number of nitrogens with one attached hydrogen (secondary N) is 1. The first-order chi connectivity index (χ1) is 9.67. The van der Waals surface area contributed by atoms with Gasteiger partial charge in [0.2, 0.25) is 0 Å². The van der Waals surface area contributed by atoms with Gasteiger partial charge < -0.3 is 9.88 Å². The molecule has 5 heteroatoms. The molecule has 20 heavy (non-hydrogen) atoms. The maximum Gasteiger partial charge on any atom is 0.159 e. The van der Waals surface area contributed by atoms with Crippen molar-refractivity contribution in [3.05, 3.63) is 53.6 Å². The standard InChI is InChI=1S/C15H19F2N3/c1-3-8-20-9-7-19-15(20)14(18-4-2)11-5-6-12(16)13(17)10-11/h5-7,9-10,14,18H,3-4,8H2,1-2H3. The third kappa shape index (κ3) is 3.04. The molecule has 1 aromatic carbocycles. The van der Waals surface area contributed by atoms with Crippen LogP contribution < -0.4 is 5.32 Å². The minimum Gasteiger partial charge on any atom is -0.333 e. The Morgan fingerprint density at radius 1 is 1.25 bits per heavy atom. The van der Waals surface area contributed by atoms with Crippen LogP contribution in [0, 0.1) is 11.6 Å². The zero-order valence-electron chi connectivity index (χ0n) is 11.7. The van der Waals surface area contributed by atoms with Crippen LogP contribution in [0.1, 0.15) is 37.7 Å². The third-order valence-electron chi connectivity index (χ3n) is 3.16. The fourth-order valence-corrected chi connectivity index (χ4v) is 2.27. The summed E-state index contributed by atoms with van der Waals surface area (Å²) >= 11 is 0. The summed E-state index contributed by atoms with van der Waals surface area (Å²) in [5.41, 5.74) is 0.675. The summed E-state index contributed by atoms with van der Waals surface area (Å²) in [7, 11) is 0. The first-order valence-corrected chi connectivity index (χ1v) is 6.86. The average Bonchev–Trinajstić information content (AvgIpc) is 2.88. The molecule has 1 unspecified atom stereocenters. The second kappa shape index (κ2) is 6.61. The zero-order valence-corrected chi connectivity index (χ0v) is 11.7.